The molecule has 1 amide bonds. The molecule has 5 heteroatoms. The lowest BCUT2D eigenvalue weighted by Crippen LogP contribution is -2.35. The predicted octanol–water partition coefficient (Wildman–Crippen LogP) is 4.09. The Bertz CT molecular complexity index is 847. The summed E-state index contributed by atoms with van der Waals surface area (Å²) in [4.78, 5) is 19.4. The molecule has 1 atom stereocenters. The monoisotopic (exact) mass is 342 g/mol. The number of hydrogen-bond donors (Lipinski definition) is 0. The molecule has 124 valence electrons. The summed E-state index contributed by atoms with van der Waals surface area (Å²) >= 11 is 5.71. The molecule has 2 heterocycles. The number of hydrogen-bond acceptors (Lipinski definition) is 3. The van der Waals surface area contributed by atoms with E-state index in [9.17, 15) is 4.79 Å². The summed E-state index contributed by atoms with van der Waals surface area (Å²) in [6.07, 6.45) is 3.96. The molecule has 0 spiro atoms. The molecule has 24 heavy (non-hydrogen) atoms. The number of ether oxygens (including phenoxy) is 1. The van der Waals surface area contributed by atoms with Gasteiger partial charge in [0, 0.05) is 12.8 Å². The lowest BCUT2D eigenvalue weighted by Gasteiger charge is -2.20. The van der Waals surface area contributed by atoms with Crippen molar-refractivity contribution in [3.8, 4) is 5.75 Å². The molecule has 0 saturated carbocycles. The van der Waals surface area contributed by atoms with Gasteiger partial charge in [0.15, 0.2) is 0 Å². The number of benzene rings is 2. The third-order valence-electron chi connectivity index (χ3n) is 4.76. The zero-order valence-electron chi connectivity index (χ0n) is 13.6. The van der Waals surface area contributed by atoms with Gasteiger partial charge in [0.25, 0.3) is 5.91 Å². The number of aliphatic imine (C=N–C) groups is 1. The fourth-order valence-electron chi connectivity index (χ4n) is 3.53. The van der Waals surface area contributed by atoms with E-state index in [2.05, 4.69) is 11.1 Å². The van der Waals surface area contributed by atoms with E-state index in [-0.39, 0.29) is 11.9 Å². The average Bonchev–Trinajstić information content (AvgIpc) is 3.01. The van der Waals surface area contributed by atoms with Gasteiger partial charge in [0.05, 0.1) is 23.2 Å². The summed E-state index contributed by atoms with van der Waals surface area (Å²) < 4.78 is 5.70. The normalized spacial score (nSPS) is 19.3. The molecule has 0 unspecified atom stereocenters. The second kappa shape index (κ2) is 6.10. The van der Waals surface area contributed by atoms with Gasteiger partial charge in [-0.1, -0.05) is 0 Å². The van der Waals surface area contributed by atoms with Crippen LogP contribution < -0.4 is 4.74 Å². The number of carbonyl (C=O) groups is 1. The molecule has 4 rings (SSSR count). The average molecular weight is 343 g/mol. The van der Waals surface area contributed by atoms with Crippen LogP contribution in [-0.2, 0) is 0 Å². The Morgan fingerprint density at radius 2 is 2.12 bits per heavy atom. The minimum atomic E-state index is 0.0794. The van der Waals surface area contributed by atoms with E-state index in [4.69, 9.17) is 16.3 Å². The molecule has 1 fully saturated rings. The van der Waals surface area contributed by atoms with Crippen LogP contribution in [0.1, 0.15) is 28.8 Å². The summed E-state index contributed by atoms with van der Waals surface area (Å²) in [6.45, 7) is 3.29. The number of fused-ring (bicyclic) bond motifs is 3. The highest BCUT2D eigenvalue weighted by atomic mass is 35.5. The third kappa shape index (κ3) is 2.55. The summed E-state index contributed by atoms with van der Waals surface area (Å²) in [6, 6.07) is 8.14. The molecular formula is C19H19ClN2O2. The molecule has 1 saturated heterocycles. The first kappa shape index (κ1) is 15.5. The van der Waals surface area contributed by atoms with Crippen LogP contribution in [0.3, 0.4) is 0 Å². The molecule has 0 aromatic heterocycles. The highest BCUT2D eigenvalue weighted by Crippen LogP contribution is 2.34. The van der Waals surface area contributed by atoms with Gasteiger partial charge in [-0.3, -0.25) is 9.79 Å². The Labute approximate surface area is 146 Å². The first-order chi connectivity index (χ1) is 11.7. The van der Waals surface area contributed by atoms with Crippen molar-refractivity contribution in [2.24, 2.45) is 4.99 Å². The van der Waals surface area contributed by atoms with Gasteiger partial charge in [-0.15, -0.1) is 11.6 Å². The molecule has 2 aliphatic heterocycles. The van der Waals surface area contributed by atoms with Crippen LogP contribution in [-0.4, -0.2) is 42.1 Å². The number of aryl methyl sites for hydroxylation is 1. The lowest BCUT2D eigenvalue weighted by atomic mass is 10.0. The molecule has 0 radical (unpaired) electrons. The fraction of sp³-hybridized carbons (Fsp3) is 0.368. The first-order valence-electron chi connectivity index (χ1n) is 8.30. The van der Waals surface area contributed by atoms with Gasteiger partial charge in [0.2, 0.25) is 0 Å². The minimum absolute atomic E-state index is 0.0794. The zero-order chi connectivity index (χ0) is 16.7. The van der Waals surface area contributed by atoms with Crippen molar-refractivity contribution in [2.75, 3.05) is 19.0 Å². The van der Waals surface area contributed by atoms with E-state index in [1.54, 1.807) is 0 Å². The molecule has 0 bridgehead atoms. The van der Waals surface area contributed by atoms with Crippen molar-refractivity contribution in [2.45, 2.75) is 25.8 Å². The molecule has 2 aromatic rings. The standard InChI is InChI=1S/C19H19ClN2O2/c1-12-7-13-9-17-16(8-14(13)10-18(12)24-6-4-20)19(23)22-5-2-3-15(22)11-21-17/h7-11,15H,2-6H2,1H3/t15-/m0/s1. The number of carbonyl (C=O) groups excluding carboxylic acids is 1. The predicted molar refractivity (Wildman–Crippen MR) is 97.1 cm³/mol. The van der Waals surface area contributed by atoms with Crippen molar-refractivity contribution >= 4 is 40.2 Å². The summed E-state index contributed by atoms with van der Waals surface area (Å²) in [7, 11) is 0. The van der Waals surface area contributed by atoms with Crippen LogP contribution in [0.4, 0.5) is 5.69 Å². The third-order valence-corrected chi connectivity index (χ3v) is 4.91. The van der Waals surface area contributed by atoms with Gasteiger partial charge in [-0.2, -0.15) is 0 Å². The van der Waals surface area contributed by atoms with Crippen LogP contribution in [0.25, 0.3) is 10.8 Å². The maximum atomic E-state index is 12.9. The summed E-state index contributed by atoms with van der Waals surface area (Å²) in [5, 5.41) is 2.06. The molecule has 0 aliphatic carbocycles. The van der Waals surface area contributed by atoms with E-state index >= 15 is 0 Å². The lowest BCUT2D eigenvalue weighted by molar-refractivity contribution is 0.0775. The Kier molecular flexibility index (Phi) is 3.93. The van der Waals surface area contributed by atoms with Gasteiger partial charge in [-0.05, 0) is 60.4 Å². The van der Waals surface area contributed by atoms with Crippen molar-refractivity contribution < 1.29 is 9.53 Å². The maximum Gasteiger partial charge on any atom is 0.256 e. The second-order valence-electron chi connectivity index (χ2n) is 6.36. The van der Waals surface area contributed by atoms with Gasteiger partial charge in [0.1, 0.15) is 12.4 Å². The number of amides is 1. The molecular weight excluding hydrogens is 324 g/mol. The summed E-state index contributed by atoms with van der Waals surface area (Å²) in [5.74, 6) is 1.34. The van der Waals surface area contributed by atoms with Crippen LogP contribution in [0.2, 0.25) is 0 Å². The molecule has 2 aliphatic rings. The van der Waals surface area contributed by atoms with Crippen LogP contribution in [0, 0.1) is 6.92 Å². The number of nitrogens with zero attached hydrogens (tertiary/aromatic N) is 2. The van der Waals surface area contributed by atoms with Crippen LogP contribution >= 0.6 is 11.6 Å². The van der Waals surface area contributed by atoms with Gasteiger partial charge < -0.3 is 9.64 Å². The number of rotatable bonds is 3. The van der Waals surface area contributed by atoms with E-state index < -0.39 is 0 Å². The molecule has 0 N–H and O–H groups in total. The SMILES string of the molecule is Cc1cc2cc3c(cc2cc1OCCCl)C(=O)N1CCC[C@H]1C=N3. The molecule has 4 nitrogen and oxygen atoms in total. The van der Waals surface area contributed by atoms with Crippen molar-refractivity contribution in [3.63, 3.8) is 0 Å². The smallest absolute Gasteiger partial charge is 0.256 e. The second-order valence-corrected chi connectivity index (χ2v) is 6.74. The van der Waals surface area contributed by atoms with Crippen molar-refractivity contribution in [1.82, 2.24) is 4.90 Å². The number of alkyl halides is 1. The zero-order valence-corrected chi connectivity index (χ0v) is 14.3. The highest BCUT2D eigenvalue weighted by Gasteiger charge is 2.31. The highest BCUT2D eigenvalue weighted by molar-refractivity contribution is 6.18. The topological polar surface area (TPSA) is 41.9 Å². The first-order valence-corrected chi connectivity index (χ1v) is 8.83. The van der Waals surface area contributed by atoms with Crippen LogP contribution in [0.15, 0.2) is 29.3 Å². The maximum absolute atomic E-state index is 12.9. The van der Waals surface area contributed by atoms with E-state index in [0.29, 0.717) is 18.1 Å². The Balaban J connectivity index is 1.82. The Hall–Kier alpha value is -2.07. The summed E-state index contributed by atoms with van der Waals surface area (Å²) in [5.41, 5.74) is 2.49. The Morgan fingerprint density at radius 3 is 2.96 bits per heavy atom. The quantitative estimate of drug-likeness (QED) is 0.788. The largest absolute Gasteiger partial charge is 0.492 e. The fourth-order valence-corrected chi connectivity index (χ4v) is 3.61. The van der Waals surface area contributed by atoms with Crippen molar-refractivity contribution in [3.05, 3.63) is 35.4 Å². The number of halogens is 1. The van der Waals surface area contributed by atoms with E-state index in [1.807, 2.05) is 36.2 Å². The van der Waals surface area contributed by atoms with E-state index in [0.717, 1.165) is 47.2 Å². The van der Waals surface area contributed by atoms with Gasteiger partial charge in [-0.25, -0.2) is 0 Å². The van der Waals surface area contributed by atoms with Crippen LogP contribution in [0.5, 0.6) is 5.75 Å². The van der Waals surface area contributed by atoms with E-state index in [1.165, 1.54) is 0 Å². The Morgan fingerprint density at radius 1 is 1.29 bits per heavy atom. The van der Waals surface area contributed by atoms with Crippen molar-refractivity contribution in [1.29, 1.82) is 0 Å². The van der Waals surface area contributed by atoms with Gasteiger partial charge >= 0.3 is 0 Å². The minimum Gasteiger partial charge on any atom is -0.492 e. The molecule has 2 aromatic carbocycles.